The van der Waals surface area contributed by atoms with Crippen LogP contribution in [0.2, 0.25) is 0 Å². The van der Waals surface area contributed by atoms with E-state index in [1.165, 1.54) is 14.2 Å². The van der Waals surface area contributed by atoms with Crippen LogP contribution in [-0.2, 0) is 12.4 Å². The van der Waals surface area contributed by atoms with Crippen molar-refractivity contribution in [2.45, 2.75) is 27.3 Å². The lowest BCUT2D eigenvalue weighted by Gasteiger charge is -2.18. The van der Waals surface area contributed by atoms with Gasteiger partial charge in [-0.25, -0.2) is 9.97 Å². The van der Waals surface area contributed by atoms with Crippen LogP contribution in [-0.4, -0.2) is 72.9 Å². The summed E-state index contributed by atoms with van der Waals surface area (Å²) in [5.74, 6) is -1.63. The third-order valence-electron chi connectivity index (χ3n) is 5.98. The lowest BCUT2D eigenvalue weighted by molar-refractivity contribution is -0.140. The van der Waals surface area contributed by atoms with Crippen molar-refractivity contribution in [3.63, 3.8) is 0 Å². The minimum atomic E-state index is -4.79. The van der Waals surface area contributed by atoms with Crippen LogP contribution in [0.4, 0.5) is 37.7 Å². The standard InChI is InChI=1S/C28H31F6N7O4S3/c1-44-20-12-22(46-6-3-35)14(27(29,30)31)9-16(20)38-24(42)18-11-19(41-26(40-18)48-8-5-37)25(43)39-17-10-15(28(32,33)34)23(47-7-4-36)13-21(17)45-2/h9-13H,3-8,35-37H2,1-2H3,(H,38,42)(H,39,43). The molecule has 0 saturated heterocycles. The molecule has 3 rings (SSSR count). The highest BCUT2D eigenvalue weighted by atomic mass is 32.2. The second kappa shape index (κ2) is 17.3. The molecule has 0 saturated carbocycles. The molecule has 0 spiro atoms. The number of rotatable bonds is 15. The summed E-state index contributed by atoms with van der Waals surface area (Å²) in [7, 11) is 2.40. The highest BCUT2D eigenvalue weighted by Crippen LogP contribution is 2.43. The summed E-state index contributed by atoms with van der Waals surface area (Å²) >= 11 is 2.68. The van der Waals surface area contributed by atoms with Gasteiger partial charge < -0.3 is 37.3 Å². The third kappa shape index (κ3) is 10.3. The van der Waals surface area contributed by atoms with Crippen molar-refractivity contribution in [2.75, 3.05) is 61.7 Å². The van der Waals surface area contributed by atoms with Crippen LogP contribution in [0.3, 0.4) is 0 Å². The normalized spacial score (nSPS) is 11.7. The number of benzene rings is 2. The Morgan fingerprint density at radius 2 is 1.04 bits per heavy atom. The smallest absolute Gasteiger partial charge is 0.417 e. The molecular weight excluding hydrogens is 709 g/mol. The van der Waals surface area contributed by atoms with Gasteiger partial charge in [-0.2, -0.15) is 26.3 Å². The number of carbonyl (C=O) groups is 2. The maximum atomic E-state index is 13.9. The second-order valence-corrected chi connectivity index (χ2v) is 12.7. The van der Waals surface area contributed by atoms with Gasteiger partial charge in [-0.15, -0.1) is 23.5 Å². The summed E-state index contributed by atoms with van der Waals surface area (Å²) in [6.45, 7) is 0.391. The molecule has 20 heteroatoms. The van der Waals surface area contributed by atoms with Crippen molar-refractivity contribution in [3.05, 3.63) is 52.8 Å². The first kappa shape index (κ1) is 39.0. The molecule has 0 fully saturated rings. The number of nitrogens with zero attached hydrogens (tertiary/aromatic N) is 2. The van der Waals surface area contributed by atoms with Gasteiger partial charge in [0.25, 0.3) is 11.8 Å². The fraction of sp³-hybridized carbons (Fsp3) is 0.357. The van der Waals surface area contributed by atoms with E-state index in [4.69, 9.17) is 26.7 Å². The molecule has 0 aliphatic carbocycles. The van der Waals surface area contributed by atoms with E-state index in [1.54, 1.807) is 0 Å². The molecule has 3 aromatic rings. The highest BCUT2D eigenvalue weighted by molar-refractivity contribution is 7.99. The molecule has 11 nitrogen and oxygen atoms in total. The van der Waals surface area contributed by atoms with Crippen LogP contribution in [0.25, 0.3) is 0 Å². The molecule has 0 atom stereocenters. The maximum absolute atomic E-state index is 13.9. The lowest BCUT2D eigenvalue weighted by Crippen LogP contribution is -2.21. The van der Waals surface area contributed by atoms with E-state index in [0.29, 0.717) is 12.1 Å². The Bertz CT molecular complexity index is 1500. The molecule has 2 aromatic carbocycles. The average Bonchev–Trinajstić information content (AvgIpc) is 3.04. The number of ether oxygens (including phenoxy) is 2. The number of aromatic nitrogens is 2. The van der Waals surface area contributed by atoms with Crippen molar-refractivity contribution in [1.29, 1.82) is 0 Å². The van der Waals surface area contributed by atoms with Crippen molar-refractivity contribution in [2.24, 2.45) is 17.2 Å². The Morgan fingerprint density at radius 1 is 0.667 bits per heavy atom. The fourth-order valence-electron chi connectivity index (χ4n) is 3.92. The fourth-order valence-corrected chi connectivity index (χ4v) is 6.26. The molecule has 2 amide bonds. The number of carbonyl (C=O) groups excluding carboxylic acids is 2. The molecule has 1 aromatic heterocycles. The zero-order valence-corrected chi connectivity index (χ0v) is 27.8. The van der Waals surface area contributed by atoms with Gasteiger partial charge in [-0.05, 0) is 24.3 Å². The number of alkyl halides is 6. The first-order valence-corrected chi connectivity index (χ1v) is 16.7. The van der Waals surface area contributed by atoms with Crippen molar-refractivity contribution < 1.29 is 45.4 Å². The minimum Gasteiger partial charge on any atom is -0.495 e. The van der Waals surface area contributed by atoms with Gasteiger partial charge in [0.1, 0.15) is 22.9 Å². The molecule has 0 bridgehead atoms. The number of anilines is 2. The summed E-state index contributed by atoms with van der Waals surface area (Å²) in [6.07, 6.45) is -9.58. The van der Waals surface area contributed by atoms with E-state index in [9.17, 15) is 35.9 Å². The number of nitrogens with one attached hydrogen (secondary N) is 2. The number of thioether (sulfide) groups is 3. The summed E-state index contributed by atoms with van der Waals surface area (Å²) < 4.78 is 93.9. The van der Waals surface area contributed by atoms with E-state index >= 15 is 0 Å². The summed E-state index contributed by atoms with van der Waals surface area (Å²) in [5, 5.41) is 4.55. The first-order valence-electron chi connectivity index (χ1n) is 13.8. The maximum Gasteiger partial charge on any atom is 0.417 e. The number of hydrogen-bond acceptors (Lipinski definition) is 12. The van der Waals surface area contributed by atoms with Gasteiger partial charge in [0.2, 0.25) is 0 Å². The zero-order chi connectivity index (χ0) is 35.6. The van der Waals surface area contributed by atoms with Crippen LogP contribution in [0.5, 0.6) is 11.5 Å². The van der Waals surface area contributed by atoms with Crippen LogP contribution in [0.15, 0.2) is 45.3 Å². The Morgan fingerprint density at radius 3 is 1.38 bits per heavy atom. The lowest BCUT2D eigenvalue weighted by atomic mass is 10.1. The third-order valence-corrected chi connectivity index (χ3v) is 9.04. The highest BCUT2D eigenvalue weighted by Gasteiger charge is 2.36. The molecule has 1 heterocycles. The molecule has 0 unspecified atom stereocenters. The average molecular weight is 740 g/mol. The van der Waals surface area contributed by atoms with Gasteiger partial charge in [-0.1, -0.05) is 11.8 Å². The Kier molecular flexibility index (Phi) is 14.1. The van der Waals surface area contributed by atoms with Crippen LogP contribution in [0, 0.1) is 0 Å². The molecule has 0 aliphatic heterocycles. The predicted octanol–water partition coefficient (Wildman–Crippen LogP) is 5.19. The van der Waals surface area contributed by atoms with E-state index in [-0.39, 0.29) is 74.7 Å². The number of nitrogens with two attached hydrogens (primary N) is 3. The summed E-state index contributed by atoms with van der Waals surface area (Å²) in [6, 6.07) is 4.57. The molecule has 48 heavy (non-hydrogen) atoms. The van der Waals surface area contributed by atoms with Gasteiger partial charge >= 0.3 is 12.4 Å². The second-order valence-electron chi connectivity index (χ2n) is 9.33. The molecule has 0 radical (unpaired) electrons. The number of hydrogen-bond donors (Lipinski definition) is 5. The number of methoxy groups -OCH3 is 2. The van der Waals surface area contributed by atoms with Crippen LogP contribution < -0.4 is 37.3 Å². The van der Waals surface area contributed by atoms with E-state index < -0.39 is 46.7 Å². The Balaban J connectivity index is 2.03. The predicted molar refractivity (Wildman–Crippen MR) is 173 cm³/mol. The van der Waals surface area contributed by atoms with Crippen LogP contribution >= 0.6 is 35.3 Å². The topological polar surface area (TPSA) is 180 Å². The first-order chi connectivity index (χ1) is 22.7. The molecule has 0 aliphatic rings. The quantitative estimate of drug-likeness (QED) is 0.0784. The van der Waals surface area contributed by atoms with Crippen LogP contribution in [0.1, 0.15) is 32.1 Å². The van der Waals surface area contributed by atoms with Crippen molar-refractivity contribution >= 4 is 58.5 Å². The van der Waals surface area contributed by atoms with Crippen molar-refractivity contribution in [1.82, 2.24) is 9.97 Å². The van der Waals surface area contributed by atoms with Gasteiger partial charge in [0, 0.05) is 52.8 Å². The number of halogens is 6. The SMILES string of the molecule is COc1cc(SCCN)c(C(F)(F)F)cc1NC(=O)c1cc(C(=O)Nc2cc(C(F)(F)F)c(SCCN)cc2OC)nc(SCCN)n1. The Hall–Kier alpha value is -3.43. The number of amides is 2. The monoisotopic (exact) mass is 739 g/mol. The van der Waals surface area contributed by atoms with Gasteiger partial charge in [0.15, 0.2) is 5.16 Å². The minimum absolute atomic E-state index is 0.0961. The summed E-state index contributed by atoms with van der Waals surface area (Å²) in [4.78, 5) is 34.6. The molecular formula is C28H31F6N7O4S3. The van der Waals surface area contributed by atoms with Gasteiger partial charge in [0.05, 0.1) is 36.7 Å². The zero-order valence-electron chi connectivity index (χ0n) is 25.4. The largest absolute Gasteiger partial charge is 0.495 e. The van der Waals surface area contributed by atoms with E-state index in [0.717, 1.165) is 53.5 Å². The van der Waals surface area contributed by atoms with E-state index in [1.807, 2.05) is 0 Å². The Labute approximate surface area is 283 Å². The molecule has 8 N–H and O–H groups in total. The summed E-state index contributed by atoms with van der Waals surface area (Å²) in [5.41, 5.74) is 12.8. The molecule has 262 valence electrons. The van der Waals surface area contributed by atoms with Crippen molar-refractivity contribution in [3.8, 4) is 11.5 Å². The van der Waals surface area contributed by atoms with E-state index in [2.05, 4.69) is 20.6 Å². The van der Waals surface area contributed by atoms with Gasteiger partial charge in [-0.3, -0.25) is 9.59 Å².